The molecule has 3 heterocycles. The van der Waals surface area contributed by atoms with Gasteiger partial charge in [-0.15, -0.1) is 0 Å². The normalized spacial score (nSPS) is 19.5. The van der Waals surface area contributed by atoms with Crippen LogP contribution >= 0.6 is 0 Å². The van der Waals surface area contributed by atoms with Crippen molar-refractivity contribution in [3.63, 3.8) is 0 Å². The molecule has 1 saturated heterocycles. The minimum absolute atomic E-state index is 0.0667. The zero-order chi connectivity index (χ0) is 14.8. The number of aromatic nitrogens is 3. The highest BCUT2D eigenvalue weighted by Gasteiger charge is 2.23. The highest BCUT2D eigenvalue weighted by atomic mass is 16.6. The van der Waals surface area contributed by atoms with E-state index in [9.17, 15) is 0 Å². The molecule has 6 nitrogen and oxygen atoms in total. The molecule has 6 heteroatoms. The van der Waals surface area contributed by atoms with Crippen LogP contribution in [0.2, 0.25) is 0 Å². The molecule has 4 rings (SSSR count). The van der Waals surface area contributed by atoms with Crippen LogP contribution in [0.15, 0.2) is 47.4 Å². The van der Waals surface area contributed by atoms with Gasteiger partial charge in [-0.25, -0.2) is 4.63 Å². The van der Waals surface area contributed by atoms with Crippen molar-refractivity contribution in [1.29, 1.82) is 0 Å². The van der Waals surface area contributed by atoms with E-state index in [1.165, 1.54) is 0 Å². The third-order valence-electron chi connectivity index (χ3n) is 3.97. The Morgan fingerprint density at radius 2 is 2.18 bits per heavy atom. The molecule has 0 spiro atoms. The Kier molecular flexibility index (Phi) is 3.54. The van der Waals surface area contributed by atoms with Gasteiger partial charge in [0, 0.05) is 37.6 Å². The summed E-state index contributed by atoms with van der Waals surface area (Å²) in [4.78, 5) is 6.54. The van der Waals surface area contributed by atoms with Crippen LogP contribution in [-0.4, -0.2) is 39.9 Å². The number of ether oxygens (including phenoxy) is 1. The SMILES string of the molecule is c1cncc([C@@H]2CN(Cc3cccc4nonc34)CCO2)c1. The van der Waals surface area contributed by atoms with E-state index in [0.717, 1.165) is 41.8 Å². The van der Waals surface area contributed by atoms with Crippen LogP contribution < -0.4 is 0 Å². The summed E-state index contributed by atoms with van der Waals surface area (Å²) in [5.41, 5.74) is 3.89. The fourth-order valence-electron chi connectivity index (χ4n) is 2.84. The maximum absolute atomic E-state index is 5.88. The number of fused-ring (bicyclic) bond motifs is 1. The van der Waals surface area contributed by atoms with Crippen molar-refractivity contribution in [3.8, 4) is 0 Å². The molecule has 3 aromatic rings. The largest absolute Gasteiger partial charge is 0.371 e. The van der Waals surface area contributed by atoms with Crippen molar-refractivity contribution in [2.45, 2.75) is 12.6 Å². The number of benzene rings is 1. The van der Waals surface area contributed by atoms with Crippen molar-refractivity contribution in [3.05, 3.63) is 53.9 Å². The third kappa shape index (κ3) is 2.58. The lowest BCUT2D eigenvalue weighted by Gasteiger charge is -2.33. The summed E-state index contributed by atoms with van der Waals surface area (Å²) in [5.74, 6) is 0. The molecule has 1 aliphatic rings. The molecule has 1 atom stereocenters. The van der Waals surface area contributed by atoms with E-state index in [0.29, 0.717) is 6.61 Å². The molecule has 1 aliphatic heterocycles. The first kappa shape index (κ1) is 13.4. The summed E-state index contributed by atoms with van der Waals surface area (Å²) >= 11 is 0. The quantitative estimate of drug-likeness (QED) is 0.738. The molecule has 2 aromatic heterocycles. The average molecular weight is 296 g/mol. The van der Waals surface area contributed by atoms with Crippen molar-refractivity contribution in [2.75, 3.05) is 19.7 Å². The number of rotatable bonds is 3. The van der Waals surface area contributed by atoms with Crippen LogP contribution in [0.4, 0.5) is 0 Å². The number of morpholine rings is 1. The molecule has 22 heavy (non-hydrogen) atoms. The van der Waals surface area contributed by atoms with Crippen LogP contribution in [-0.2, 0) is 11.3 Å². The van der Waals surface area contributed by atoms with Gasteiger partial charge in [0.25, 0.3) is 0 Å². The van der Waals surface area contributed by atoms with E-state index >= 15 is 0 Å². The van der Waals surface area contributed by atoms with Gasteiger partial charge >= 0.3 is 0 Å². The lowest BCUT2D eigenvalue weighted by Crippen LogP contribution is -2.37. The zero-order valence-corrected chi connectivity index (χ0v) is 12.1. The minimum Gasteiger partial charge on any atom is -0.371 e. The van der Waals surface area contributed by atoms with Gasteiger partial charge in [0.1, 0.15) is 11.0 Å². The Balaban J connectivity index is 1.52. The Bertz CT molecular complexity index is 759. The zero-order valence-electron chi connectivity index (χ0n) is 12.1. The van der Waals surface area contributed by atoms with E-state index in [2.05, 4.69) is 32.3 Å². The average Bonchev–Trinajstić information content (AvgIpc) is 3.06. The first-order valence-corrected chi connectivity index (χ1v) is 7.34. The lowest BCUT2D eigenvalue weighted by atomic mass is 10.1. The lowest BCUT2D eigenvalue weighted by molar-refractivity contribution is -0.0329. The van der Waals surface area contributed by atoms with Gasteiger partial charge in [-0.3, -0.25) is 9.88 Å². The van der Waals surface area contributed by atoms with E-state index in [1.54, 1.807) is 6.20 Å². The summed E-state index contributed by atoms with van der Waals surface area (Å²) in [6.45, 7) is 3.27. The van der Waals surface area contributed by atoms with Gasteiger partial charge in [0.2, 0.25) is 0 Å². The Labute approximate surface area is 127 Å². The number of hydrogen-bond donors (Lipinski definition) is 0. The van der Waals surface area contributed by atoms with E-state index < -0.39 is 0 Å². The maximum Gasteiger partial charge on any atom is 0.139 e. The molecule has 0 bridgehead atoms. The van der Waals surface area contributed by atoms with Crippen LogP contribution in [0.5, 0.6) is 0 Å². The Hall–Kier alpha value is -2.31. The molecule has 1 aromatic carbocycles. The fourth-order valence-corrected chi connectivity index (χ4v) is 2.84. The topological polar surface area (TPSA) is 64.3 Å². The molecule has 0 unspecified atom stereocenters. The van der Waals surface area contributed by atoms with Gasteiger partial charge in [-0.05, 0) is 28.0 Å². The van der Waals surface area contributed by atoms with Gasteiger partial charge < -0.3 is 4.74 Å². The molecule has 112 valence electrons. The standard InChI is InChI=1S/C16H16N4O2/c1-3-13(16-14(5-1)18-22-19-16)10-20-7-8-21-15(11-20)12-4-2-6-17-9-12/h1-6,9,15H,7-8,10-11H2/t15-/m0/s1. The molecule has 0 aliphatic carbocycles. The first-order valence-electron chi connectivity index (χ1n) is 7.34. The third-order valence-corrected chi connectivity index (χ3v) is 3.97. The second kappa shape index (κ2) is 5.82. The summed E-state index contributed by atoms with van der Waals surface area (Å²) in [5, 5.41) is 7.90. The van der Waals surface area contributed by atoms with Crippen molar-refractivity contribution >= 4 is 11.0 Å². The predicted octanol–water partition coefficient (Wildman–Crippen LogP) is 2.19. The fraction of sp³-hybridized carbons (Fsp3) is 0.312. The second-order valence-corrected chi connectivity index (χ2v) is 5.43. The molecule has 0 N–H and O–H groups in total. The molecule has 1 fully saturated rings. The first-order chi connectivity index (χ1) is 10.9. The number of nitrogens with zero attached hydrogens (tertiary/aromatic N) is 4. The molecular formula is C16H16N4O2. The second-order valence-electron chi connectivity index (χ2n) is 5.43. The van der Waals surface area contributed by atoms with Gasteiger partial charge in [-0.1, -0.05) is 18.2 Å². The Morgan fingerprint density at radius 1 is 1.18 bits per heavy atom. The van der Waals surface area contributed by atoms with Crippen molar-refractivity contribution in [1.82, 2.24) is 20.2 Å². The van der Waals surface area contributed by atoms with E-state index in [-0.39, 0.29) is 6.10 Å². The van der Waals surface area contributed by atoms with E-state index in [1.807, 2.05) is 24.4 Å². The van der Waals surface area contributed by atoms with E-state index in [4.69, 9.17) is 9.37 Å². The highest BCUT2D eigenvalue weighted by molar-refractivity contribution is 5.76. The predicted molar refractivity (Wildman–Crippen MR) is 80.0 cm³/mol. The van der Waals surface area contributed by atoms with Crippen molar-refractivity contribution in [2.24, 2.45) is 0 Å². The molecule has 0 saturated carbocycles. The molecular weight excluding hydrogens is 280 g/mol. The smallest absolute Gasteiger partial charge is 0.139 e. The Morgan fingerprint density at radius 3 is 3.09 bits per heavy atom. The van der Waals surface area contributed by atoms with Gasteiger partial charge in [0.05, 0.1) is 12.7 Å². The highest BCUT2D eigenvalue weighted by Crippen LogP contribution is 2.24. The van der Waals surface area contributed by atoms with Gasteiger partial charge in [0.15, 0.2) is 0 Å². The summed E-state index contributed by atoms with van der Waals surface area (Å²) in [6, 6.07) is 9.97. The summed E-state index contributed by atoms with van der Waals surface area (Å²) in [6.07, 6.45) is 3.72. The van der Waals surface area contributed by atoms with Crippen LogP contribution in [0.3, 0.4) is 0 Å². The minimum atomic E-state index is 0.0667. The number of pyridine rings is 1. The van der Waals surface area contributed by atoms with Crippen LogP contribution in [0.25, 0.3) is 11.0 Å². The van der Waals surface area contributed by atoms with Crippen LogP contribution in [0, 0.1) is 0 Å². The monoisotopic (exact) mass is 296 g/mol. The number of hydrogen-bond acceptors (Lipinski definition) is 6. The molecule has 0 radical (unpaired) electrons. The van der Waals surface area contributed by atoms with Crippen LogP contribution in [0.1, 0.15) is 17.2 Å². The summed E-state index contributed by atoms with van der Waals surface area (Å²) in [7, 11) is 0. The maximum atomic E-state index is 5.88. The van der Waals surface area contributed by atoms with Gasteiger partial charge in [-0.2, -0.15) is 0 Å². The molecule has 0 amide bonds. The summed E-state index contributed by atoms with van der Waals surface area (Å²) < 4.78 is 10.7. The van der Waals surface area contributed by atoms with Crippen molar-refractivity contribution < 1.29 is 9.37 Å².